The van der Waals surface area contributed by atoms with Crippen molar-refractivity contribution in [1.82, 2.24) is 15.0 Å². The average Bonchev–Trinajstić information content (AvgIpc) is 2.63. The number of halogens is 3. The number of unbranched alkanes of at least 4 members (excludes halogenated alkanes) is 2. The fourth-order valence-electron chi connectivity index (χ4n) is 2.07. The summed E-state index contributed by atoms with van der Waals surface area (Å²) in [5.74, 6) is 0.00621. The van der Waals surface area contributed by atoms with Gasteiger partial charge in [0.1, 0.15) is 0 Å². The lowest BCUT2D eigenvalue weighted by Gasteiger charge is -2.12. The van der Waals surface area contributed by atoms with Crippen LogP contribution < -0.4 is 15.4 Å². The molecule has 0 radical (unpaired) electrons. The maximum absolute atomic E-state index is 12.4. The highest BCUT2D eigenvalue weighted by atomic mass is 19.4. The van der Waals surface area contributed by atoms with Gasteiger partial charge in [0.25, 0.3) is 5.69 Å². The molecule has 1 aromatic heterocycles. The number of benzene rings is 1. The molecule has 1 aromatic carbocycles. The summed E-state index contributed by atoms with van der Waals surface area (Å²) in [6.45, 7) is 1.04. The number of nitrogens with zero attached hydrogens (tertiary/aromatic N) is 4. The van der Waals surface area contributed by atoms with Crippen LogP contribution in [0.15, 0.2) is 24.3 Å². The molecule has 0 atom stereocenters. The van der Waals surface area contributed by atoms with Crippen LogP contribution in [-0.2, 0) is 0 Å². The Morgan fingerprint density at radius 3 is 2.39 bits per heavy atom. The highest BCUT2D eigenvalue weighted by Gasteiger charge is 2.29. The molecule has 0 bridgehead atoms. The van der Waals surface area contributed by atoms with E-state index in [4.69, 9.17) is 0 Å². The van der Waals surface area contributed by atoms with Gasteiger partial charge in [-0.15, -0.1) is 0 Å². The topological polar surface area (TPSA) is 115 Å². The van der Waals surface area contributed by atoms with Gasteiger partial charge in [-0.25, -0.2) is 0 Å². The minimum atomic E-state index is -4.53. The SMILES string of the molecule is CCCCCNc1nc(Nc2ccc([N+](=O)[O-])cc2)nc(OCC(F)(F)F)n1. The predicted octanol–water partition coefficient (Wildman–Crippen LogP) is 4.07. The van der Waals surface area contributed by atoms with E-state index in [0.717, 1.165) is 19.3 Å². The van der Waals surface area contributed by atoms with E-state index in [1.807, 2.05) is 6.92 Å². The third kappa shape index (κ3) is 7.21. The molecule has 1 heterocycles. The van der Waals surface area contributed by atoms with E-state index >= 15 is 0 Å². The Labute approximate surface area is 158 Å². The van der Waals surface area contributed by atoms with Crippen LogP contribution in [0.3, 0.4) is 0 Å². The van der Waals surface area contributed by atoms with E-state index < -0.39 is 23.7 Å². The normalized spacial score (nSPS) is 11.1. The van der Waals surface area contributed by atoms with Crippen LogP contribution in [0.1, 0.15) is 26.2 Å². The second-order valence-electron chi connectivity index (χ2n) is 5.73. The number of nitro groups is 1. The second kappa shape index (κ2) is 9.67. The number of hydrogen-bond donors (Lipinski definition) is 2. The Bertz CT molecular complexity index is 786. The summed E-state index contributed by atoms with van der Waals surface area (Å²) in [4.78, 5) is 21.9. The zero-order chi connectivity index (χ0) is 20.6. The van der Waals surface area contributed by atoms with Crippen molar-refractivity contribution in [3.8, 4) is 6.01 Å². The van der Waals surface area contributed by atoms with Gasteiger partial charge in [-0.2, -0.15) is 28.1 Å². The van der Waals surface area contributed by atoms with Gasteiger partial charge in [0, 0.05) is 24.4 Å². The third-order valence-corrected chi connectivity index (χ3v) is 3.38. The number of anilines is 3. The number of nitro benzene ring substituents is 1. The maximum atomic E-state index is 12.4. The quantitative estimate of drug-likeness (QED) is 0.348. The monoisotopic (exact) mass is 400 g/mol. The number of rotatable bonds is 10. The smallest absolute Gasteiger partial charge is 0.422 e. The Morgan fingerprint density at radius 2 is 1.79 bits per heavy atom. The van der Waals surface area contributed by atoms with Gasteiger partial charge in [-0.05, 0) is 18.6 Å². The lowest BCUT2D eigenvalue weighted by molar-refractivity contribution is -0.384. The van der Waals surface area contributed by atoms with Gasteiger partial charge in [-0.1, -0.05) is 19.8 Å². The zero-order valence-corrected chi connectivity index (χ0v) is 15.0. The van der Waals surface area contributed by atoms with Crippen LogP contribution in [0.4, 0.5) is 36.4 Å². The highest BCUT2D eigenvalue weighted by Crippen LogP contribution is 2.21. The molecule has 0 spiro atoms. The number of alkyl halides is 3. The lowest BCUT2D eigenvalue weighted by atomic mass is 10.2. The minimum absolute atomic E-state index is 0.0565. The molecule has 0 fully saturated rings. The molecule has 0 saturated carbocycles. The van der Waals surface area contributed by atoms with Gasteiger partial charge >= 0.3 is 12.2 Å². The summed E-state index contributed by atoms with van der Waals surface area (Å²) in [5.41, 5.74) is 0.309. The zero-order valence-electron chi connectivity index (χ0n) is 15.0. The summed E-state index contributed by atoms with van der Waals surface area (Å²) < 4.78 is 41.8. The summed E-state index contributed by atoms with van der Waals surface area (Å²) in [7, 11) is 0. The fourth-order valence-corrected chi connectivity index (χ4v) is 2.07. The molecule has 0 aliphatic rings. The van der Waals surface area contributed by atoms with E-state index in [2.05, 4.69) is 30.3 Å². The van der Waals surface area contributed by atoms with Crippen molar-refractivity contribution in [2.24, 2.45) is 0 Å². The lowest BCUT2D eigenvalue weighted by Crippen LogP contribution is -2.21. The molecule has 152 valence electrons. The molecule has 0 unspecified atom stereocenters. The summed E-state index contributed by atoms with van der Waals surface area (Å²) in [6.07, 6.45) is -1.71. The largest absolute Gasteiger partial charge is 0.454 e. The van der Waals surface area contributed by atoms with Gasteiger partial charge in [-0.3, -0.25) is 10.1 Å². The summed E-state index contributed by atoms with van der Waals surface area (Å²) >= 11 is 0. The van der Waals surface area contributed by atoms with Crippen LogP contribution in [0, 0.1) is 10.1 Å². The van der Waals surface area contributed by atoms with E-state index in [1.54, 1.807) is 0 Å². The average molecular weight is 400 g/mol. The minimum Gasteiger partial charge on any atom is -0.454 e. The first-order chi connectivity index (χ1) is 13.3. The van der Waals surface area contributed by atoms with Crippen LogP contribution in [0.2, 0.25) is 0 Å². The molecule has 0 aliphatic heterocycles. The molecule has 0 aliphatic carbocycles. The first-order valence-electron chi connectivity index (χ1n) is 8.48. The Kier molecular flexibility index (Phi) is 7.29. The number of non-ortho nitro benzene ring substituents is 1. The first kappa shape index (κ1) is 21.1. The fraction of sp³-hybridized carbons (Fsp3) is 0.438. The number of ether oxygens (including phenoxy) is 1. The predicted molar refractivity (Wildman–Crippen MR) is 95.8 cm³/mol. The summed E-state index contributed by atoms with van der Waals surface area (Å²) in [6, 6.07) is 4.90. The number of nitrogens with one attached hydrogen (secondary N) is 2. The van der Waals surface area contributed by atoms with Gasteiger partial charge in [0.2, 0.25) is 11.9 Å². The van der Waals surface area contributed by atoms with Crippen LogP contribution in [0.5, 0.6) is 6.01 Å². The molecule has 0 saturated heterocycles. The van der Waals surface area contributed by atoms with E-state index in [9.17, 15) is 23.3 Å². The van der Waals surface area contributed by atoms with Crippen molar-refractivity contribution in [3.05, 3.63) is 34.4 Å². The van der Waals surface area contributed by atoms with Crippen molar-refractivity contribution >= 4 is 23.3 Å². The maximum Gasteiger partial charge on any atom is 0.422 e. The Morgan fingerprint density at radius 1 is 1.11 bits per heavy atom. The molecule has 12 heteroatoms. The highest BCUT2D eigenvalue weighted by molar-refractivity contribution is 5.56. The second-order valence-corrected chi connectivity index (χ2v) is 5.73. The van der Waals surface area contributed by atoms with Crippen molar-refractivity contribution in [1.29, 1.82) is 0 Å². The van der Waals surface area contributed by atoms with E-state index in [1.165, 1.54) is 24.3 Å². The Hall–Kier alpha value is -3.18. The molecule has 0 amide bonds. The molecular weight excluding hydrogens is 381 g/mol. The van der Waals surface area contributed by atoms with Gasteiger partial charge < -0.3 is 15.4 Å². The molecule has 9 nitrogen and oxygen atoms in total. The van der Waals surface area contributed by atoms with Crippen LogP contribution >= 0.6 is 0 Å². The van der Waals surface area contributed by atoms with Crippen molar-refractivity contribution in [2.45, 2.75) is 32.4 Å². The Balaban J connectivity index is 2.16. The number of hydrogen-bond acceptors (Lipinski definition) is 8. The molecule has 2 N–H and O–H groups in total. The molecule has 2 aromatic rings. The molecule has 28 heavy (non-hydrogen) atoms. The van der Waals surface area contributed by atoms with Crippen LogP contribution in [0.25, 0.3) is 0 Å². The van der Waals surface area contributed by atoms with E-state index in [-0.39, 0.29) is 17.6 Å². The van der Waals surface area contributed by atoms with Crippen molar-refractivity contribution in [3.63, 3.8) is 0 Å². The standard InChI is InChI=1S/C16H19F3N6O3/c1-2-3-4-9-20-13-22-14(24-15(23-13)28-10-16(17,18)19)21-11-5-7-12(8-6-11)25(26)27/h5-8H,2-4,9-10H2,1H3,(H2,20,21,22,23,24). The van der Waals surface area contributed by atoms with Crippen LogP contribution in [-0.4, -0.2) is 39.2 Å². The number of aromatic nitrogens is 3. The first-order valence-corrected chi connectivity index (χ1v) is 8.48. The van der Waals surface area contributed by atoms with Crippen molar-refractivity contribution in [2.75, 3.05) is 23.8 Å². The molecular formula is C16H19F3N6O3. The van der Waals surface area contributed by atoms with E-state index in [0.29, 0.717) is 12.2 Å². The molecule has 2 rings (SSSR count). The van der Waals surface area contributed by atoms with Crippen molar-refractivity contribution < 1.29 is 22.8 Å². The van der Waals surface area contributed by atoms with Gasteiger partial charge in [0.05, 0.1) is 4.92 Å². The summed E-state index contributed by atoms with van der Waals surface area (Å²) in [5, 5.41) is 16.4. The van der Waals surface area contributed by atoms with Gasteiger partial charge in [0.15, 0.2) is 6.61 Å². The third-order valence-electron chi connectivity index (χ3n) is 3.38.